The maximum atomic E-state index is 11.5. The average Bonchev–Trinajstić information content (AvgIpc) is 3.58. The van der Waals surface area contributed by atoms with Gasteiger partial charge in [-0.05, 0) is 74.0 Å². The number of aromatic nitrogens is 1. The lowest BCUT2D eigenvalue weighted by Crippen LogP contribution is -2.39. The highest BCUT2D eigenvalue weighted by Gasteiger charge is 2.24. The van der Waals surface area contributed by atoms with Crippen LogP contribution in [0.3, 0.4) is 0 Å². The number of hydrogen-bond donors (Lipinski definition) is 4. The third kappa shape index (κ3) is 9.46. The Balaban J connectivity index is 1.17. The summed E-state index contributed by atoms with van der Waals surface area (Å²) in [5.74, 6) is -0.126. The Morgan fingerprint density at radius 2 is 1.79 bits per heavy atom. The van der Waals surface area contributed by atoms with E-state index in [0.29, 0.717) is 33.2 Å². The molecule has 1 unspecified atom stereocenters. The van der Waals surface area contributed by atoms with Gasteiger partial charge in [0.05, 0.1) is 23.3 Å². The number of nitrogens with zero attached hydrogens (tertiary/aromatic N) is 4. The molecule has 2 aliphatic heterocycles. The molecule has 4 aromatic rings. The average molecular weight is 740 g/mol. The molecule has 0 bridgehead atoms. The van der Waals surface area contributed by atoms with Crippen molar-refractivity contribution in [1.82, 2.24) is 15.2 Å². The molecule has 4 N–H and O–H groups in total. The van der Waals surface area contributed by atoms with Crippen molar-refractivity contribution >= 4 is 23.3 Å². The fraction of sp³-hybridized carbons (Fsp3) is 0.390. The lowest BCUT2D eigenvalue weighted by atomic mass is 9.96. The Morgan fingerprint density at radius 1 is 1.02 bits per heavy atom. The number of carboxylic acid groups (broad SMARTS) is 1. The second-order valence-electron chi connectivity index (χ2n) is 13.7. The lowest BCUT2D eigenvalue weighted by molar-refractivity contribution is -0.140. The van der Waals surface area contributed by atoms with E-state index < -0.39 is 18.6 Å². The lowest BCUT2D eigenvalue weighted by Gasteiger charge is -2.30. The standard InChI is InChI=1S/C41H46ClN5O6/c1-27-17-31(23-45-36(24-48)41(50)51)39(52-25-29-18-28(20-43)21-44-22-29)19-38(27)53-26-30-5-2-7-35(40(30)42)33-6-3-8-37-34(33)11-16-47(37)13-4-12-46-14-9-32(49)10-15-46/h2-3,5-8,17-19,21-22,32,36,45,48-49H,4,9-16,23-26H2,1H3,(H,50,51). The fourth-order valence-electron chi connectivity index (χ4n) is 7.08. The summed E-state index contributed by atoms with van der Waals surface area (Å²) in [6, 6.07) is 18.7. The van der Waals surface area contributed by atoms with Crippen LogP contribution in [-0.4, -0.2) is 82.6 Å². The van der Waals surface area contributed by atoms with Gasteiger partial charge in [0.1, 0.15) is 36.8 Å². The van der Waals surface area contributed by atoms with Gasteiger partial charge in [-0.25, -0.2) is 0 Å². The number of benzene rings is 3. The van der Waals surface area contributed by atoms with Crippen molar-refractivity contribution in [2.75, 3.05) is 44.2 Å². The molecular weight excluding hydrogens is 694 g/mol. The second-order valence-corrected chi connectivity index (χ2v) is 14.1. The first-order valence-corrected chi connectivity index (χ1v) is 18.5. The van der Waals surface area contributed by atoms with Gasteiger partial charge in [-0.3, -0.25) is 15.1 Å². The second kappa shape index (κ2) is 17.9. The molecule has 1 aromatic heterocycles. The highest BCUT2D eigenvalue weighted by molar-refractivity contribution is 6.34. The van der Waals surface area contributed by atoms with Crippen molar-refractivity contribution in [2.24, 2.45) is 0 Å². The first-order valence-electron chi connectivity index (χ1n) is 18.1. The number of pyridine rings is 1. The molecular formula is C41H46ClN5O6. The number of carboxylic acids is 1. The van der Waals surface area contributed by atoms with Crippen LogP contribution < -0.4 is 19.7 Å². The predicted octanol–water partition coefficient (Wildman–Crippen LogP) is 5.48. The number of likely N-dealkylation sites (tertiary alicyclic amines) is 1. The molecule has 0 amide bonds. The number of nitrogens with one attached hydrogen (secondary N) is 1. The Kier molecular flexibility index (Phi) is 12.8. The molecule has 1 atom stereocenters. The molecule has 53 heavy (non-hydrogen) atoms. The summed E-state index contributed by atoms with van der Waals surface area (Å²) in [7, 11) is 0. The smallest absolute Gasteiger partial charge is 0.323 e. The minimum Gasteiger partial charge on any atom is -0.488 e. The highest BCUT2D eigenvalue weighted by atomic mass is 35.5. The number of hydrogen-bond acceptors (Lipinski definition) is 10. The number of rotatable bonds is 16. The van der Waals surface area contributed by atoms with Crippen LogP contribution in [0.5, 0.6) is 11.5 Å². The summed E-state index contributed by atoms with van der Waals surface area (Å²) in [6.45, 7) is 6.73. The van der Waals surface area contributed by atoms with Gasteiger partial charge in [0.2, 0.25) is 0 Å². The largest absolute Gasteiger partial charge is 0.488 e. The SMILES string of the molecule is Cc1cc(CNC(CO)C(=O)O)c(OCc2cncc(C#N)c2)cc1OCc1cccc(-c2cccc3c2CCN3CCCN2CCC(O)CC2)c1Cl. The summed E-state index contributed by atoms with van der Waals surface area (Å²) < 4.78 is 12.6. The van der Waals surface area contributed by atoms with Gasteiger partial charge in [-0.15, -0.1) is 0 Å². The minimum absolute atomic E-state index is 0.122. The fourth-order valence-corrected chi connectivity index (χ4v) is 7.36. The first-order chi connectivity index (χ1) is 25.7. The van der Waals surface area contributed by atoms with Crippen molar-refractivity contribution in [3.05, 3.63) is 105 Å². The van der Waals surface area contributed by atoms with E-state index in [1.807, 2.05) is 25.1 Å². The number of aliphatic hydroxyl groups is 2. The molecule has 11 nitrogen and oxygen atoms in total. The maximum absolute atomic E-state index is 11.5. The predicted molar refractivity (Wildman–Crippen MR) is 203 cm³/mol. The zero-order valence-electron chi connectivity index (χ0n) is 29.9. The number of fused-ring (bicyclic) bond motifs is 1. The number of aliphatic carboxylic acids is 1. The highest BCUT2D eigenvalue weighted by Crippen LogP contribution is 2.40. The van der Waals surface area contributed by atoms with Crippen LogP contribution in [0.1, 0.15) is 52.6 Å². The Bertz CT molecular complexity index is 1940. The molecule has 6 rings (SSSR count). The number of halogens is 1. The van der Waals surface area contributed by atoms with Gasteiger partial charge in [0.15, 0.2) is 0 Å². The zero-order valence-corrected chi connectivity index (χ0v) is 30.7. The molecule has 278 valence electrons. The monoisotopic (exact) mass is 739 g/mol. The van der Waals surface area contributed by atoms with Gasteiger partial charge < -0.3 is 34.6 Å². The van der Waals surface area contributed by atoms with E-state index in [4.69, 9.17) is 21.1 Å². The number of aryl methyl sites for hydroxylation is 1. The summed E-state index contributed by atoms with van der Waals surface area (Å²) in [6.07, 6.45) is 6.70. The van der Waals surface area contributed by atoms with Gasteiger partial charge in [-0.2, -0.15) is 5.26 Å². The third-order valence-electron chi connectivity index (χ3n) is 10.0. The molecule has 0 aliphatic carbocycles. The molecule has 3 heterocycles. The van der Waals surface area contributed by atoms with Gasteiger partial charge >= 0.3 is 5.97 Å². The summed E-state index contributed by atoms with van der Waals surface area (Å²) in [5, 5.41) is 41.6. The van der Waals surface area contributed by atoms with Gasteiger partial charge in [-0.1, -0.05) is 41.9 Å². The van der Waals surface area contributed by atoms with E-state index in [0.717, 1.165) is 80.7 Å². The number of aliphatic hydroxyl groups excluding tert-OH is 2. The summed E-state index contributed by atoms with van der Waals surface area (Å²) >= 11 is 7.13. The molecule has 1 fully saturated rings. The summed E-state index contributed by atoms with van der Waals surface area (Å²) in [5.41, 5.74) is 8.09. The normalized spacial score (nSPS) is 15.2. The minimum atomic E-state index is -1.16. The topological polar surface area (TPSA) is 151 Å². The van der Waals surface area contributed by atoms with E-state index >= 15 is 0 Å². The van der Waals surface area contributed by atoms with E-state index in [1.165, 1.54) is 17.4 Å². The number of ether oxygens (including phenoxy) is 2. The molecule has 2 aliphatic rings. The quantitative estimate of drug-likeness (QED) is 0.116. The number of anilines is 1. The van der Waals surface area contributed by atoms with Crippen LogP contribution in [0, 0.1) is 18.3 Å². The molecule has 12 heteroatoms. The van der Waals surface area contributed by atoms with E-state index in [9.17, 15) is 25.4 Å². The van der Waals surface area contributed by atoms with Crippen molar-refractivity contribution in [1.29, 1.82) is 5.26 Å². The molecule has 3 aromatic carbocycles. The van der Waals surface area contributed by atoms with Crippen molar-refractivity contribution in [2.45, 2.75) is 64.5 Å². The van der Waals surface area contributed by atoms with Crippen molar-refractivity contribution < 1.29 is 29.6 Å². The molecule has 0 spiro atoms. The van der Waals surface area contributed by atoms with Crippen LogP contribution in [0.25, 0.3) is 11.1 Å². The molecule has 0 saturated carbocycles. The van der Waals surface area contributed by atoms with Crippen molar-refractivity contribution in [3.8, 4) is 28.7 Å². The summed E-state index contributed by atoms with van der Waals surface area (Å²) in [4.78, 5) is 20.6. The van der Waals surface area contributed by atoms with Gasteiger partial charge in [0, 0.05) is 79.1 Å². The zero-order chi connectivity index (χ0) is 37.3. The number of nitriles is 1. The van der Waals surface area contributed by atoms with Crippen LogP contribution >= 0.6 is 11.6 Å². The van der Waals surface area contributed by atoms with Crippen LogP contribution in [0.15, 0.2) is 67.0 Å². The molecule has 0 radical (unpaired) electrons. The van der Waals surface area contributed by atoms with Crippen molar-refractivity contribution in [3.63, 3.8) is 0 Å². The van der Waals surface area contributed by atoms with Gasteiger partial charge in [0.25, 0.3) is 0 Å². The Hall–Kier alpha value is -4.70. The first kappa shape index (κ1) is 38.0. The Labute approximate surface area is 315 Å². The molecule has 1 saturated heterocycles. The number of piperidine rings is 1. The third-order valence-corrected chi connectivity index (χ3v) is 10.5. The van der Waals surface area contributed by atoms with E-state index in [-0.39, 0.29) is 25.9 Å². The number of carbonyl (C=O) groups is 1. The van der Waals surface area contributed by atoms with Crippen LogP contribution in [-0.2, 0) is 31.0 Å². The van der Waals surface area contributed by atoms with Crippen LogP contribution in [0.2, 0.25) is 5.02 Å². The van der Waals surface area contributed by atoms with E-state index in [2.05, 4.69) is 50.4 Å². The van der Waals surface area contributed by atoms with Crippen LogP contribution in [0.4, 0.5) is 5.69 Å². The Morgan fingerprint density at radius 3 is 2.57 bits per heavy atom. The van der Waals surface area contributed by atoms with E-state index in [1.54, 1.807) is 18.3 Å². The maximum Gasteiger partial charge on any atom is 0.323 e.